The van der Waals surface area contributed by atoms with Gasteiger partial charge in [0.15, 0.2) is 0 Å². The summed E-state index contributed by atoms with van der Waals surface area (Å²) in [5.74, 6) is 0.883. The van der Waals surface area contributed by atoms with E-state index in [0.29, 0.717) is 6.42 Å². The predicted octanol–water partition coefficient (Wildman–Crippen LogP) is 3.54. The summed E-state index contributed by atoms with van der Waals surface area (Å²) >= 11 is 0. The molecule has 0 spiro atoms. The van der Waals surface area contributed by atoms with Crippen LogP contribution in [0.3, 0.4) is 0 Å². The van der Waals surface area contributed by atoms with Gasteiger partial charge in [-0.3, -0.25) is 4.98 Å². The first-order valence-electron chi connectivity index (χ1n) is 7.00. The van der Waals surface area contributed by atoms with Crippen molar-refractivity contribution in [2.45, 2.75) is 38.9 Å². The number of aromatic nitrogens is 1. The Morgan fingerprint density at radius 3 is 2.45 bits per heavy atom. The van der Waals surface area contributed by atoms with Crippen LogP contribution in [0, 0.1) is 0 Å². The van der Waals surface area contributed by atoms with Crippen LogP contribution in [-0.4, -0.2) is 16.2 Å². The Kier molecular flexibility index (Phi) is 5.13. The molecule has 1 N–H and O–H groups in total. The lowest BCUT2D eigenvalue weighted by Gasteiger charge is -2.11. The monoisotopic (exact) mass is 271 g/mol. The number of nitrogens with zero attached hydrogens (tertiary/aromatic N) is 1. The highest BCUT2D eigenvalue weighted by Crippen LogP contribution is 2.19. The molecule has 1 atom stereocenters. The van der Waals surface area contributed by atoms with E-state index in [0.717, 1.165) is 17.9 Å². The molecule has 1 aromatic heterocycles. The second-order valence-electron chi connectivity index (χ2n) is 5.12. The maximum absolute atomic E-state index is 10.1. The first-order valence-corrected chi connectivity index (χ1v) is 7.00. The van der Waals surface area contributed by atoms with Gasteiger partial charge in [-0.05, 0) is 56.5 Å². The third-order valence-corrected chi connectivity index (χ3v) is 3.03. The minimum atomic E-state index is -0.511. The average molecular weight is 271 g/mol. The highest BCUT2D eigenvalue weighted by Gasteiger charge is 2.08. The Labute approximate surface area is 120 Å². The van der Waals surface area contributed by atoms with Crippen molar-refractivity contribution in [3.63, 3.8) is 0 Å². The van der Waals surface area contributed by atoms with Crippen LogP contribution in [0.5, 0.6) is 5.75 Å². The van der Waals surface area contributed by atoms with Crippen molar-refractivity contribution in [3.05, 3.63) is 59.9 Å². The molecular formula is C17H21NO2. The Morgan fingerprint density at radius 2 is 1.85 bits per heavy atom. The van der Waals surface area contributed by atoms with Crippen LogP contribution in [0.2, 0.25) is 0 Å². The minimum absolute atomic E-state index is 0.187. The van der Waals surface area contributed by atoms with Crippen molar-refractivity contribution in [2.24, 2.45) is 0 Å². The average Bonchev–Trinajstić information content (AvgIpc) is 2.46. The number of aliphatic hydroxyl groups excluding tert-OH is 1. The fraction of sp³-hybridized carbons (Fsp3) is 0.353. The largest absolute Gasteiger partial charge is 0.491 e. The maximum Gasteiger partial charge on any atom is 0.119 e. The lowest BCUT2D eigenvalue weighted by molar-refractivity contribution is 0.163. The van der Waals surface area contributed by atoms with Crippen LogP contribution >= 0.6 is 0 Å². The normalized spacial score (nSPS) is 12.4. The van der Waals surface area contributed by atoms with E-state index in [9.17, 15) is 5.11 Å². The summed E-state index contributed by atoms with van der Waals surface area (Å²) in [4.78, 5) is 4.17. The van der Waals surface area contributed by atoms with Crippen LogP contribution in [0.4, 0.5) is 0 Å². The van der Waals surface area contributed by atoms with Crippen LogP contribution in [0.1, 0.15) is 37.6 Å². The fourth-order valence-corrected chi connectivity index (χ4v) is 2.03. The van der Waals surface area contributed by atoms with Crippen molar-refractivity contribution in [1.29, 1.82) is 0 Å². The van der Waals surface area contributed by atoms with Gasteiger partial charge in [0.05, 0.1) is 17.9 Å². The van der Waals surface area contributed by atoms with E-state index in [1.54, 1.807) is 6.20 Å². The van der Waals surface area contributed by atoms with E-state index < -0.39 is 6.10 Å². The second-order valence-corrected chi connectivity index (χ2v) is 5.12. The van der Waals surface area contributed by atoms with Gasteiger partial charge in [-0.25, -0.2) is 0 Å². The maximum atomic E-state index is 10.1. The molecule has 0 saturated heterocycles. The van der Waals surface area contributed by atoms with E-state index in [1.807, 2.05) is 56.3 Å². The van der Waals surface area contributed by atoms with Gasteiger partial charge >= 0.3 is 0 Å². The minimum Gasteiger partial charge on any atom is -0.491 e. The number of aryl methyl sites for hydroxylation is 1. The highest BCUT2D eigenvalue weighted by molar-refractivity contribution is 5.27. The number of hydrogen-bond donors (Lipinski definition) is 1. The molecule has 1 aromatic carbocycles. The zero-order chi connectivity index (χ0) is 14.4. The summed E-state index contributed by atoms with van der Waals surface area (Å²) in [5.41, 5.74) is 1.92. The van der Waals surface area contributed by atoms with E-state index in [4.69, 9.17) is 4.74 Å². The summed E-state index contributed by atoms with van der Waals surface area (Å²) in [6.45, 7) is 4.02. The van der Waals surface area contributed by atoms with Gasteiger partial charge in [0.2, 0.25) is 0 Å². The van der Waals surface area contributed by atoms with Crippen LogP contribution in [0.15, 0.2) is 48.7 Å². The van der Waals surface area contributed by atoms with Gasteiger partial charge in [-0.1, -0.05) is 18.2 Å². The SMILES string of the molecule is CC(C)Oc1ccc(CCC(O)c2ccccn2)cc1. The Balaban J connectivity index is 1.88. The quantitative estimate of drug-likeness (QED) is 0.874. The Hall–Kier alpha value is -1.87. The predicted molar refractivity (Wildman–Crippen MR) is 79.7 cm³/mol. The molecule has 20 heavy (non-hydrogen) atoms. The van der Waals surface area contributed by atoms with Gasteiger partial charge in [-0.15, -0.1) is 0 Å². The molecular weight excluding hydrogens is 250 g/mol. The molecule has 3 heteroatoms. The number of benzene rings is 1. The van der Waals surface area contributed by atoms with Gasteiger partial charge < -0.3 is 9.84 Å². The molecule has 0 fully saturated rings. The summed E-state index contributed by atoms with van der Waals surface area (Å²) in [7, 11) is 0. The zero-order valence-electron chi connectivity index (χ0n) is 12.0. The van der Waals surface area contributed by atoms with Gasteiger partial charge in [0.1, 0.15) is 5.75 Å². The topological polar surface area (TPSA) is 42.4 Å². The Morgan fingerprint density at radius 1 is 1.10 bits per heavy atom. The van der Waals surface area contributed by atoms with Crippen molar-refractivity contribution < 1.29 is 9.84 Å². The third kappa shape index (κ3) is 4.35. The summed E-state index contributed by atoms with van der Waals surface area (Å²) in [5, 5.41) is 10.1. The van der Waals surface area contributed by atoms with E-state index in [-0.39, 0.29) is 6.10 Å². The smallest absolute Gasteiger partial charge is 0.119 e. The van der Waals surface area contributed by atoms with Gasteiger partial charge in [0.25, 0.3) is 0 Å². The van der Waals surface area contributed by atoms with E-state index in [1.165, 1.54) is 5.56 Å². The molecule has 1 heterocycles. The fourth-order valence-electron chi connectivity index (χ4n) is 2.03. The van der Waals surface area contributed by atoms with E-state index >= 15 is 0 Å². The molecule has 1 unspecified atom stereocenters. The Bertz CT molecular complexity index is 508. The lowest BCUT2D eigenvalue weighted by Crippen LogP contribution is -2.05. The molecule has 0 aliphatic carbocycles. The molecule has 106 valence electrons. The van der Waals surface area contributed by atoms with Gasteiger partial charge in [0, 0.05) is 6.20 Å². The molecule has 3 nitrogen and oxygen atoms in total. The third-order valence-electron chi connectivity index (χ3n) is 3.03. The lowest BCUT2D eigenvalue weighted by atomic mass is 10.0. The zero-order valence-corrected chi connectivity index (χ0v) is 12.0. The second kappa shape index (κ2) is 7.06. The number of pyridine rings is 1. The first kappa shape index (κ1) is 14.5. The van der Waals surface area contributed by atoms with Crippen LogP contribution < -0.4 is 4.74 Å². The standard InChI is InChI=1S/C17H21NO2/c1-13(2)20-15-9-6-14(7-10-15)8-11-17(19)16-5-3-4-12-18-16/h3-7,9-10,12-13,17,19H,8,11H2,1-2H3. The van der Waals surface area contributed by atoms with Crippen molar-refractivity contribution in [2.75, 3.05) is 0 Å². The van der Waals surface area contributed by atoms with Crippen molar-refractivity contribution >= 4 is 0 Å². The van der Waals surface area contributed by atoms with Crippen LogP contribution in [0.25, 0.3) is 0 Å². The number of rotatable bonds is 6. The van der Waals surface area contributed by atoms with Crippen molar-refractivity contribution in [3.8, 4) is 5.75 Å². The highest BCUT2D eigenvalue weighted by atomic mass is 16.5. The van der Waals surface area contributed by atoms with Crippen molar-refractivity contribution in [1.82, 2.24) is 4.98 Å². The molecule has 0 amide bonds. The van der Waals surface area contributed by atoms with Crippen LogP contribution in [-0.2, 0) is 6.42 Å². The molecule has 2 aromatic rings. The first-order chi connectivity index (χ1) is 9.65. The molecule has 2 rings (SSSR count). The summed E-state index contributed by atoms with van der Waals surface area (Å²) in [6.07, 6.45) is 2.87. The summed E-state index contributed by atoms with van der Waals surface area (Å²) in [6, 6.07) is 13.6. The molecule has 0 aliphatic heterocycles. The molecule has 0 aliphatic rings. The number of aliphatic hydroxyl groups is 1. The number of ether oxygens (including phenoxy) is 1. The van der Waals surface area contributed by atoms with E-state index in [2.05, 4.69) is 4.98 Å². The molecule has 0 radical (unpaired) electrons. The molecule has 0 saturated carbocycles. The summed E-state index contributed by atoms with van der Waals surface area (Å²) < 4.78 is 5.60. The molecule has 0 bridgehead atoms. The number of hydrogen-bond acceptors (Lipinski definition) is 3. The van der Waals surface area contributed by atoms with Gasteiger partial charge in [-0.2, -0.15) is 0 Å².